The zero-order chi connectivity index (χ0) is 15.1. The molecule has 0 fully saturated rings. The molecule has 0 saturated heterocycles. The summed E-state index contributed by atoms with van der Waals surface area (Å²) < 4.78 is 6.71. The lowest BCUT2D eigenvalue weighted by Crippen LogP contribution is -2.27. The number of aryl methyl sites for hydroxylation is 1. The summed E-state index contributed by atoms with van der Waals surface area (Å²) >= 11 is 3.50. The number of aliphatic hydroxyl groups excluding tert-OH is 1. The van der Waals surface area contributed by atoms with Crippen LogP contribution in [0, 0.1) is 12.8 Å². The minimum Gasteiger partial charge on any atom is -0.389 e. The smallest absolute Gasteiger partial charge is 0.0945 e. The second-order valence-corrected chi connectivity index (χ2v) is 6.63. The van der Waals surface area contributed by atoms with Gasteiger partial charge in [0.25, 0.3) is 0 Å². The molecule has 0 saturated carbocycles. The van der Waals surface area contributed by atoms with Gasteiger partial charge in [-0.05, 0) is 43.9 Å². The third-order valence-electron chi connectivity index (χ3n) is 3.09. The maximum absolute atomic E-state index is 9.92. The van der Waals surface area contributed by atoms with Crippen LogP contribution in [0.1, 0.15) is 32.8 Å². The van der Waals surface area contributed by atoms with Gasteiger partial charge in [0.1, 0.15) is 0 Å². The molecular weight excluding hydrogens is 318 g/mol. The van der Waals surface area contributed by atoms with E-state index in [2.05, 4.69) is 42.0 Å². The lowest BCUT2D eigenvalue weighted by molar-refractivity contribution is -0.00443. The van der Waals surface area contributed by atoms with Crippen LogP contribution in [0.2, 0.25) is 0 Å². The predicted molar refractivity (Wildman–Crippen MR) is 88.2 cm³/mol. The Labute approximate surface area is 130 Å². The molecule has 0 radical (unpaired) electrons. The van der Waals surface area contributed by atoms with Crippen molar-refractivity contribution >= 4 is 21.6 Å². The molecule has 2 N–H and O–H groups in total. The molecule has 0 aromatic heterocycles. The summed E-state index contributed by atoms with van der Waals surface area (Å²) in [4.78, 5) is 0. The van der Waals surface area contributed by atoms with Crippen LogP contribution in [0.15, 0.2) is 22.7 Å². The van der Waals surface area contributed by atoms with Crippen LogP contribution in [0.25, 0.3) is 0 Å². The fourth-order valence-corrected chi connectivity index (χ4v) is 2.38. The quantitative estimate of drug-likeness (QED) is 0.749. The summed E-state index contributed by atoms with van der Waals surface area (Å²) in [5.74, 6) is 0.616. The standard InChI is InChI=1S/C16H26BrNO2/c1-11(2)7-13(4)20-10-15(19)9-18-14-6-5-12(3)16(17)8-14/h5-6,8,11,13,15,18-19H,7,9-10H2,1-4H3. The van der Waals surface area contributed by atoms with Crippen LogP contribution in [0.5, 0.6) is 0 Å². The van der Waals surface area contributed by atoms with Crippen LogP contribution in [0.4, 0.5) is 5.69 Å². The summed E-state index contributed by atoms with van der Waals surface area (Å²) in [6.07, 6.45) is 0.716. The van der Waals surface area contributed by atoms with Gasteiger partial charge in [0.2, 0.25) is 0 Å². The third kappa shape index (κ3) is 6.73. The first-order chi connectivity index (χ1) is 9.38. The number of rotatable bonds is 8. The number of nitrogens with one attached hydrogen (secondary N) is 1. The Kier molecular flexibility index (Phi) is 7.56. The van der Waals surface area contributed by atoms with Crippen molar-refractivity contribution in [1.82, 2.24) is 0 Å². The SMILES string of the molecule is Cc1ccc(NCC(O)COC(C)CC(C)C)cc1Br. The van der Waals surface area contributed by atoms with Crippen LogP contribution in [-0.4, -0.2) is 30.5 Å². The fourth-order valence-electron chi connectivity index (χ4n) is 2.00. The molecule has 20 heavy (non-hydrogen) atoms. The Morgan fingerprint density at radius 2 is 2.00 bits per heavy atom. The van der Waals surface area contributed by atoms with Gasteiger partial charge in [0.05, 0.1) is 18.8 Å². The van der Waals surface area contributed by atoms with E-state index >= 15 is 0 Å². The first-order valence-electron chi connectivity index (χ1n) is 7.18. The fraction of sp³-hybridized carbons (Fsp3) is 0.625. The van der Waals surface area contributed by atoms with E-state index in [-0.39, 0.29) is 6.10 Å². The molecule has 2 unspecified atom stereocenters. The predicted octanol–water partition coefficient (Wildman–Crippen LogP) is 3.98. The molecule has 0 spiro atoms. The van der Waals surface area contributed by atoms with Crippen molar-refractivity contribution in [3.63, 3.8) is 0 Å². The number of benzene rings is 1. The lowest BCUT2D eigenvalue weighted by atomic mass is 10.1. The zero-order valence-electron chi connectivity index (χ0n) is 12.8. The Balaban J connectivity index is 2.28. The molecule has 114 valence electrons. The van der Waals surface area contributed by atoms with Gasteiger partial charge in [-0.2, -0.15) is 0 Å². The van der Waals surface area contributed by atoms with E-state index in [0.29, 0.717) is 19.1 Å². The molecule has 1 rings (SSSR count). The third-order valence-corrected chi connectivity index (χ3v) is 3.94. The van der Waals surface area contributed by atoms with Gasteiger partial charge >= 0.3 is 0 Å². The Morgan fingerprint density at radius 1 is 1.30 bits per heavy atom. The van der Waals surface area contributed by atoms with Crippen molar-refractivity contribution in [3.05, 3.63) is 28.2 Å². The Hall–Kier alpha value is -0.580. The number of hydrogen-bond acceptors (Lipinski definition) is 3. The topological polar surface area (TPSA) is 41.5 Å². The van der Waals surface area contributed by atoms with E-state index in [9.17, 15) is 5.11 Å². The van der Waals surface area contributed by atoms with E-state index < -0.39 is 6.10 Å². The lowest BCUT2D eigenvalue weighted by Gasteiger charge is -2.18. The van der Waals surface area contributed by atoms with Crippen molar-refractivity contribution in [1.29, 1.82) is 0 Å². The number of halogens is 1. The number of anilines is 1. The van der Waals surface area contributed by atoms with E-state index in [1.807, 2.05) is 25.1 Å². The molecule has 0 aliphatic carbocycles. The molecule has 1 aromatic rings. The number of hydrogen-bond donors (Lipinski definition) is 2. The number of aliphatic hydroxyl groups is 1. The van der Waals surface area contributed by atoms with Gasteiger partial charge in [0.15, 0.2) is 0 Å². The summed E-state index contributed by atoms with van der Waals surface area (Å²) in [7, 11) is 0. The van der Waals surface area contributed by atoms with Crippen LogP contribution >= 0.6 is 15.9 Å². The van der Waals surface area contributed by atoms with Gasteiger partial charge in [-0.15, -0.1) is 0 Å². The summed E-state index contributed by atoms with van der Waals surface area (Å²) in [6.45, 7) is 9.31. The average Bonchev–Trinajstić information content (AvgIpc) is 2.37. The van der Waals surface area contributed by atoms with Crippen molar-refractivity contribution in [3.8, 4) is 0 Å². The highest BCUT2D eigenvalue weighted by Gasteiger charge is 2.09. The molecule has 3 nitrogen and oxygen atoms in total. The normalized spacial score (nSPS) is 14.3. The van der Waals surface area contributed by atoms with Crippen LogP contribution < -0.4 is 5.32 Å². The molecule has 1 aromatic carbocycles. The molecule has 0 heterocycles. The largest absolute Gasteiger partial charge is 0.389 e. The first kappa shape index (κ1) is 17.5. The van der Waals surface area contributed by atoms with Gasteiger partial charge in [-0.1, -0.05) is 35.8 Å². The Bertz CT molecular complexity index is 409. The van der Waals surface area contributed by atoms with Crippen LogP contribution in [0.3, 0.4) is 0 Å². The summed E-state index contributed by atoms with van der Waals surface area (Å²) in [6, 6.07) is 6.07. The number of ether oxygens (including phenoxy) is 1. The first-order valence-corrected chi connectivity index (χ1v) is 7.97. The van der Waals surface area contributed by atoms with Crippen LogP contribution in [-0.2, 0) is 4.74 Å². The minimum atomic E-state index is -0.496. The van der Waals surface area contributed by atoms with Crippen molar-refractivity contribution < 1.29 is 9.84 Å². The molecule has 0 aliphatic heterocycles. The van der Waals surface area contributed by atoms with Gasteiger partial charge in [0, 0.05) is 16.7 Å². The van der Waals surface area contributed by atoms with Crippen molar-refractivity contribution in [2.45, 2.75) is 46.3 Å². The van der Waals surface area contributed by atoms with E-state index in [0.717, 1.165) is 16.6 Å². The van der Waals surface area contributed by atoms with Crippen molar-refractivity contribution in [2.75, 3.05) is 18.5 Å². The minimum absolute atomic E-state index is 0.193. The zero-order valence-corrected chi connectivity index (χ0v) is 14.4. The van der Waals surface area contributed by atoms with E-state index in [1.165, 1.54) is 5.56 Å². The van der Waals surface area contributed by atoms with Gasteiger partial charge < -0.3 is 15.2 Å². The summed E-state index contributed by atoms with van der Waals surface area (Å²) in [5, 5.41) is 13.1. The second kappa shape index (κ2) is 8.65. The van der Waals surface area contributed by atoms with E-state index in [1.54, 1.807) is 0 Å². The molecule has 0 aliphatic rings. The molecule has 0 bridgehead atoms. The highest BCUT2D eigenvalue weighted by molar-refractivity contribution is 9.10. The monoisotopic (exact) mass is 343 g/mol. The van der Waals surface area contributed by atoms with E-state index in [4.69, 9.17) is 4.74 Å². The average molecular weight is 344 g/mol. The summed E-state index contributed by atoms with van der Waals surface area (Å²) in [5.41, 5.74) is 2.19. The highest BCUT2D eigenvalue weighted by atomic mass is 79.9. The molecular formula is C16H26BrNO2. The maximum Gasteiger partial charge on any atom is 0.0945 e. The molecule has 0 amide bonds. The second-order valence-electron chi connectivity index (χ2n) is 5.77. The molecule has 2 atom stereocenters. The van der Waals surface area contributed by atoms with Gasteiger partial charge in [-0.3, -0.25) is 0 Å². The highest BCUT2D eigenvalue weighted by Crippen LogP contribution is 2.20. The maximum atomic E-state index is 9.92. The Morgan fingerprint density at radius 3 is 2.60 bits per heavy atom. The molecule has 4 heteroatoms. The van der Waals surface area contributed by atoms with Gasteiger partial charge in [-0.25, -0.2) is 0 Å². The van der Waals surface area contributed by atoms with Crippen molar-refractivity contribution in [2.24, 2.45) is 5.92 Å².